The Balaban J connectivity index is 1.22. The lowest BCUT2D eigenvalue weighted by atomic mass is 9.81. The highest BCUT2D eigenvalue weighted by molar-refractivity contribution is 5.94. The summed E-state index contributed by atoms with van der Waals surface area (Å²) in [5.74, 6) is -2.35. The molecular formula is C39H50FN7O7. The third kappa shape index (κ3) is 7.00. The van der Waals surface area contributed by atoms with Crippen molar-refractivity contribution in [2.24, 2.45) is 17.4 Å². The van der Waals surface area contributed by atoms with Gasteiger partial charge >= 0.3 is 5.97 Å². The normalized spacial score (nSPS) is 19.4. The number of benzene rings is 1. The number of nitrogens with one attached hydrogen (secondary N) is 3. The maximum Gasteiger partial charge on any atom is 0.343 e. The Labute approximate surface area is 312 Å². The highest BCUT2D eigenvalue weighted by Crippen LogP contribution is 2.46. The Bertz CT molecular complexity index is 2080. The topological polar surface area (TPSA) is 221 Å². The fraction of sp³-hybridized carbons (Fsp3) is 0.538. The van der Waals surface area contributed by atoms with Gasteiger partial charge in [-0.15, -0.1) is 0 Å². The van der Waals surface area contributed by atoms with E-state index >= 15 is 4.39 Å². The van der Waals surface area contributed by atoms with E-state index in [0.717, 1.165) is 16.5 Å². The van der Waals surface area contributed by atoms with Crippen LogP contribution in [0, 0.1) is 18.7 Å². The second kappa shape index (κ2) is 15.6. The lowest BCUT2D eigenvalue weighted by molar-refractivity contribution is -0.172. The van der Waals surface area contributed by atoms with Crippen molar-refractivity contribution >= 4 is 34.6 Å². The van der Waals surface area contributed by atoms with Gasteiger partial charge in [0.05, 0.1) is 41.1 Å². The second-order valence-corrected chi connectivity index (χ2v) is 15.0. The number of aromatic nitrogens is 2. The van der Waals surface area contributed by atoms with Gasteiger partial charge < -0.3 is 41.8 Å². The molecule has 4 atom stereocenters. The van der Waals surface area contributed by atoms with Crippen LogP contribution in [-0.2, 0) is 49.1 Å². The highest BCUT2D eigenvalue weighted by atomic mass is 19.1. The predicted octanol–water partition coefficient (Wildman–Crippen LogP) is 2.12. The molecular weight excluding hydrogens is 697 g/mol. The number of nitrogens with zero attached hydrogens (tertiary/aromatic N) is 2. The van der Waals surface area contributed by atoms with Crippen LogP contribution in [0.25, 0.3) is 22.3 Å². The van der Waals surface area contributed by atoms with Gasteiger partial charge in [0.25, 0.3) is 5.56 Å². The van der Waals surface area contributed by atoms with E-state index in [1.165, 1.54) is 10.6 Å². The molecule has 3 aromatic rings. The second-order valence-electron chi connectivity index (χ2n) is 15.0. The molecule has 1 aromatic carbocycles. The zero-order valence-corrected chi connectivity index (χ0v) is 31.3. The summed E-state index contributed by atoms with van der Waals surface area (Å²) in [5, 5.41) is 20.8. The average molecular weight is 748 g/mol. The molecule has 290 valence electrons. The maximum absolute atomic E-state index is 15.3. The van der Waals surface area contributed by atoms with E-state index in [-0.39, 0.29) is 61.4 Å². The van der Waals surface area contributed by atoms with Crippen molar-refractivity contribution in [1.82, 2.24) is 25.5 Å². The van der Waals surface area contributed by atoms with Crippen LogP contribution in [0.1, 0.15) is 105 Å². The first-order chi connectivity index (χ1) is 25.7. The molecule has 14 nitrogen and oxygen atoms in total. The lowest BCUT2D eigenvalue weighted by Gasteiger charge is -2.31. The fourth-order valence-corrected chi connectivity index (χ4v) is 7.88. The number of fused-ring (bicyclic) bond motifs is 5. The van der Waals surface area contributed by atoms with E-state index in [9.17, 15) is 29.1 Å². The van der Waals surface area contributed by atoms with Crippen molar-refractivity contribution < 1.29 is 33.4 Å². The van der Waals surface area contributed by atoms with E-state index in [1.807, 2.05) is 13.8 Å². The Kier molecular flexibility index (Phi) is 11.2. The molecule has 1 aliphatic carbocycles. The molecule has 0 unspecified atom stereocenters. The molecule has 0 saturated carbocycles. The van der Waals surface area contributed by atoms with Gasteiger partial charge in [0.1, 0.15) is 18.5 Å². The smallest absolute Gasteiger partial charge is 0.343 e. The molecule has 4 heterocycles. The molecule has 3 amide bonds. The predicted molar refractivity (Wildman–Crippen MR) is 198 cm³/mol. The number of nitrogens with two attached hydrogens (primary N) is 2. The molecule has 2 aromatic heterocycles. The van der Waals surface area contributed by atoms with Gasteiger partial charge in [-0.25, -0.2) is 14.2 Å². The minimum absolute atomic E-state index is 0.00441. The van der Waals surface area contributed by atoms with Crippen LogP contribution in [-0.4, -0.2) is 63.5 Å². The summed E-state index contributed by atoms with van der Waals surface area (Å²) in [5.41, 5.74) is 13.5. The van der Waals surface area contributed by atoms with Crippen molar-refractivity contribution in [2.75, 3.05) is 13.1 Å². The van der Waals surface area contributed by atoms with Crippen LogP contribution in [0.4, 0.5) is 4.39 Å². The fourth-order valence-electron chi connectivity index (χ4n) is 7.88. The van der Waals surface area contributed by atoms with E-state index < -0.39 is 47.0 Å². The summed E-state index contributed by atoms with van der Waals surface area (Å²) in [6.07, 6.45) is 3.15. The molecule has 3 aliphatic rings. The van der Waals surface area contributed by atoms with E-state index in [2.05, 4.69) is 16.0 Å². The molecule has 54 heavy (non-hydrogen) atoms. The Morgan fingerprint density at radius 3 is 2.59 bits per heavy atom. The van der Waals surface area contributed by atoms with Crippen LogP contribution in [0.15, 0.2) is 16.9 Å². The van der Waals surface area contributed by atoms with Gasteiger partial charge in [-0.3, -0.25) is 19.2 Å². The third-order valence-corrected chi connectivity index (χ3v) is 11.2. The number of pyridine rings is 2. The molecule has 0 saturated heterocycles. The summed E-state index contributed by atoms with van der Waals surface area (Å²) >= 11 is 0. The van der Waals surface area contributed by atoms with Gasteiger partial charge in [0.2, 0.25) is 17.7 Å². The molecule has 0 bridgehead atoms. The van der Waals surface area contributed by atoms with Crippen LogP contribution in [0.2, 0.25) is 0 Å². The summed E-state index contributed by atoms with van der Waals surface area (Å²) in [7, 11) is 0. The summed E-state index contributed by atoms with van der Waals surface area (Å²) in [6.45, 7) is 7.54. The number of aliphatic hydroxyl groups is 1. The van der Waals surface area contributed by atoms with Gasteiger partial charge in [-0.1, -0.05) is 20.8 Å². The van der Waals surface area contributed by atoms with Crippen LogP contribution in [0.3, 0.4) is 0 Å². The average Bonchev–Trinajstić information content (AvgIpc) is 3.52. The van der Waals surface area contributed by atoms with Crippen molar-refractivity contribution in [3.05, 3.63) is 61.7 Å². The summed E-state index contributed by atoms with van der Waals surface area (Å²) in [4.78, 5) is 70.6. The third-order valence-electron chi connectivity index (χ3n) is 11.2. The number of carbonyl (C=O) groups is 4. The maximum atomic E-state index is 15.3. The van der Waals surface area contributed by atoms with Crippen molar-refractivity contribution in [3.63, 3.8) is 0 Å². The number of amides is 3. The van der Waals surface area contributed by atoms with Crippen LogP contribution < -0.4 is 33.0 Å². The van der Waals surface area contributed by atoms with Gasteiger partial charge in [0.15, 0.2) is 5.60 Å². The lowest BCUT2D eigenvalue weighted by Crippen LogP contribution is -2.53. The van der Waals surface area contributed by atoms with E-state index in [4.69, 9.17) is 21.2 Å². The first-order valence-corrected chi connectivity index (χ1v) is 18.9. The number of aryl methyl sites for hydroxylation is 1. The largest absolute Gasteiger partial charge is 0.458 e. The molecule has 0 spiro atoms. The number of ether oxygens (including phenoxy) is 1. The number of halogens is 1. The first-order valence-electron chi connectivity index (χ1n) is 18.9. The number of hydrogen-bond acceptors (Lipinski definition) is 10. The number of esters is 1. The SMILES string of the molecule is CC[C@@]1(O)C(=O)OCc2c1cc1n(c2=O)Cc2c-1nc1cc(F)c(C)c3c1c2[C@@H](NC(=O)CCCNC(=O)[C@H](CCCCN)NC(=O)[C@@H](N)C(C)C)CC3. The minimum Gasteiger partial charge on any atom is -0.458 e. The zero-order chi connectivity index (χ0) is 39.1. The number of carbonyl (C=O) groups excluding carboxylic acids is 4. The molecule has 0 fully saturated rings. The number of unbranched alkanes of at least 4 members (excludes halogenated alkanes) is 1. The Hall–Kier alpha value is -4.73. The Morgan fingerprint density at radius 2 is 1.89 bits per heavy atom. The van der Waals surface area contributed by atoms with Crippen molar-refractivity contribution in [2.45, 2.75) is 116 Å². The summed E-state index contributed by atoms with van der Waals surface area (Å²) in [6, 6.07) is 0.971. The molecule has 2 aliphatic heterocycles. The van der Waals surface area contributed by atoms with E-state index in [1.54, 1.807) is 19.9 Å². The molecule has 6 rings (SSSR count). The molecule has 8 N–H and O–H groups in total. The quantitative estimate of drug-likeness (QED) is 0.0815. The number of hydrogen-bond donors (Lipinski definition) is 6. The van der Waals surface area contributed by atoms with Crippen molar-refractivity contribution in [1.29, 1.82) is 0 Å². The number of cyclic esters (lactones) is 1. The van der Waals surface area contributed by atoms with Gasteiger partial charge in [-0.05, 0) is 87.1 Å². The monoisotopic (exact) mass is 747 g/mol. The molecule has 15 heteroatoms. The molecule has 0 radical (unpaired) electrons. The first kappa shape index (κ1) is 39.0. The summed E-state index contributed by atoms with van der Waals surface area (Å²) < 4.78 is 22.0. The van der Waals surface area contributed by atoms with Gasteiger partial charge in [-0.2, -0.15) is 0 Å². The van der Waals surface area contributed by atoms with Gasteiger partial charge in [0, 0.05) is 35.5 Å². The zero-order valence-electron chi connectivity index (χ0n) is 31.3. The van der Waals surface area contributed by atoms with Crippen LogP contribution in [0.5, 0.6) is 0 Å². The van der Waals surface area contributed by atoms with Crippen LogP contribution >= 0.6 is 0 Å². The van der Waals surface area contributed by atoms with Crippen molar-refractivity contribution in [3.8, 4) is 11.4 Å². The highest BCUT2D eigenvalue weighted by Gasteiger charge is 2.46. The Morgan fingerprint density at radius 1 is 1.13 bits per heavy atom. The number of rotatable bonds is 14. The standard InChI is InChI=1S/C39H50FN7O7/c1-5-39(53)24-15-29-34-22(17-47(29)37(51)23(24)18-54-38(39)52)32-26(12-11-21-20(4)25(40)16-28(45-34)31(21)32)44-30(48)10-8-14-43-35(49)27(9-6-7-13-41)46-36(50)33(42)19(2)3/h15-16,19,26-27,33,53H,5-14,17-18,41-42H2,1-4H3,(H,43,49)(H,44,48)(H,46,50)/t26-,27-,33-,39-/m0/s1. The van der Waals surface area contributed by atoms with E-state index in [0.29, 0.717) is 73.1 Å². The minimum atomic E-state index is -2.00.